The van der Waals surface area contributed by atoms with Gasteiger partial charge in [0.15, 0.2) is 0 Å². The summed E-state index contributed by atoms with van der Waals surface area (Å²) in [7, 11) is -3.02. The number of piperidine rings is 1. The van der Waals surface area contributed by atoms with Crippen molar-refractivity contribution in [3.8, 4) is 0 Å². The number of hydrogen-bond donors (Lipinski definition) is 2. The minimum Gasteiger partial charge on any atom is -0.329 e. The lowest BCUT2D eigenvalue weighted by molar-refractivity contribution is 0.286. The quantitative estimate of drug-likeness (QED) is 0.636. The molecule has 1 aliphatic rings. The van der Waals surface area contributed by atoms with Crippen molar-refractivity contribution in [1.82, 2.24) is 9.62 Å². The molecule has 84 valence electrons. The van der Waals surface area contributed by atoms with E-state index in [1.165, 1.54) is 10.6 Å². The van der Waals surface area contributed by atoms with E-state index < -0.39 is 10.0 Å². The highest BCUT2D eigenvalue weighted by atomic mass is 32.2. The van der Waals surface area contributed by atoms with Crippen LogP contribution in [0.4, 0.5) is 0 Å². The maximum absolute atomic E-state index is 11.3. The summed E-state index contributed by atoms with van der Waals surface area (Å²) in [6.45, 7) is 2.58. The lowest BCUT2D eigenvalue weighted by Crippen LogP contribution is -2.48. The molecular weight excluding hydrogens is 202 g/mol. The first kappa shape index (κ1) is 11.9. The molecule has 0 aromatic carbocycles. The molecule has 3 N–H and O–H groups in total. The predicted octanol–water partition coefficient (Wildman–Crippen LogP) is -1.04. The maximum Gasteiger partial charge on any atom is 0.211 e. The third-order valence-electron chi connectivity index (χ3n) is 2.43. The van der Waals surface area contributed by atoms with Gasteiger partial charge < -0.3 is 11.1 Å². The minimum absolute atomic E-state index is 0.266. The fourth-order valence-electron chi connectivity index (χ4n) is 1.70. The second-order valence-corrected chi connectivity index (χ2v) is 5.69. The third kappa shape index (κ3) is 3.53. The van der Waals surface area contributed by atoms with E-state index in [9.17, 15) is 8.42 Å². The molecule has 14 heavy (non-hydrogen) atoms. The molecule has 0 aromatic rings. The molecule has 0 saturated carbocycles. The zero-order valence-corrected chi connectivity index (χ0v) is 9.39. The van der Waals surface area contributed by atoms with Crippen molar-refractivity contribution in [2.75, 3.05) is 32.4 Å². The van der Waals surface area contributed by atoms with Gasteiger partial charge in [-0.05, 0) is 12.8 Å². The molecule has 5 nitrogen and oxygen atoms in total. The standard InChI is InChI=1S/C8H19N3O2S/c1-14(12,13)11-6-2-3-8(7-11)10-5-4-9/h8,10H,2-7,9H2,1H3. The molecule has 6 heteroatoms. The molecule has 1 atom stereocenters. The van der Waals surface area contributed by atoms with Gasteiger partial charge in [-0.25, -0.2) is 12.7 Å². The van der Waals surface area contributed by atoms with Crippen LogP contribution in [-0.4, -0.2) is 51.2 Å². The van der Waals surface area contributed by atoms with Crippen LogP contribution in [0.15, 0.2) is 0 Å². The molecular formula is C8H19N3O2S. The molecule has 1 fully saturated rings. The van der Waals surface area contributed by atoms with Gasteiger partial charge in [-0.15, -0.1) is 0 Å². The Morgan fingerprint density at radius 2 is 2.29 bits per heavy atom. The van der Waals surface area contributed by atoms with E-state index in [0.29, 0.717) is 19.6 Å². The van der Waals surface area contributed by atoms with E-state index in [1.54, 1.807) is 0 Å². The Kier molecular flexibility index (Phi) is 4.31. The Bertz CT molecular complexity index is 266. The molecule has 1 aliphatic heterocycles. The summed E-state index contributed by atoms with van der Waals surface area (Å²) in [6.07, 6.45) is 3.22. The monoisotopic (exact) mass is 221 g/mol. The number of nitrogens with two attached hydrogens (primary N) is 1. The zero-order valence-electron chi connectivity index (χ0n) is 8.57. The van der Waals surface area contributed by atoms with Gasteiger partial charge in [0, 0.05) is 32.2 Å². The number of rotatable bonds is 4. The number of nitrogens with one attached hydrogen (secondary N) is 1. The van der Waals surface area contributed by atoms with Crippen molar-refractivity contribution in [2.24, 2.45) is 5.73 Å². The van der Waals surface area contributed by atoms with Crippen LogP contribution in [-0.2, 0) is 10.0 Å². The maximum atomic E-state index is 11.3. The minimum atomic E-state index is -3.02. The zero-order chi connectivity index (χ0) is 10.6. The van der Waals surface area contributed by atoms with E-state index in [-0.39, 0.29) is 6.04 Å². The Hall–Kier alpha value is -0.170. The molecule has 0 aromatic heterocycles. The first-order chi connectivity index (χ1) is 6.54. The predicted molar refractivity (Wildman–Crippen MR) is 56.5 cm³/mol. The van der Waals surface area contributed by atoms with Crippen LogP contribution >= 0.6 is 0 Å². The second-order valence-electron chi connectivity index (χ2n) is 3.70. The number of nitrogens with zero attached hydrogens (tertiary/aromatic N) is 1. The van der Waals surface area contributed by atoms with Crippen molar-refractivity contribution in [2.45, 2.75) is 18.9 Å². The van der Waals surface area contributed by atoms with Gasteiger partial charge >= 0.3 is 0 Å². The fourth-order valence-corrected chi connectivity index (χ4v) is 2.61. The van der Waals surface area contributed by atoms with E-state index in [2.05, 4.69) is 5.32 Å². The van der Waals surface area contributed by atoms with Crippen LogP contribution in [0.25, 0.3) is 0 Å². The smallest absolute Gasteiger partial charge is 0.211 e. The van der Waals surface area contributed by atoms with Crippen molar-refractivity contribution >= 4 is 10.0 Å². The number of hydrogen-bond acceptors (Lipinski definition) is 4. The largest absolute Gasteiger partial charge is 0.329 e. The van der Waals surface area contributed by atoms with Crippen LogP contribution in [0.5, 0.6) is 0 Å². The van der Waals surface area contributed by atoms with Crippen molar-refractivity contribution < 1.29 is 8.42 Å². The Labute approximate surface area is 85.7 Å². The molecule has 0 spiro atoms. The third-order valence-corrected chi connectivity index (χ3v) is 3.70. The average Bonchev–Trinajstić information content (AvgIpc) is 2.14. The van der Waals surface area contributed by atoms with E-state index in [0.717, 1.165) is 19.4 Å². The summed E-state index contributed by atoms with van der Waals surface area (Å²) in [5, 5.41) is 3.24. The Morgan fingerprint density at radius 3 is 2.86 bits per heavy atom. The molecule has 0 aliphatic carbocycles. The fraction of sp³-hybridized carbons (Fsp3) is 1.00. The molecule has 1 rings (SSSR count). The average molecular weight is 221 g/mol. The Morgan fingerprint density at radius 1 is 1.57 bits per heavy atom. The lowest BCUT2D eigenvalue weighted by atomic mass is 10.1. The van der Waals surface area contributed by atoms with Gasteiger partial charge in [0.05, 0.1) is 6.26 Å². The van der Waals surface area contributed by atoms with E-state index >= 15 is 0 Å². The summed E-state index contributed by atoms with van der Waals surface area (Å²) < 4.78 is 24.1. The highest BCUT2D eigenvalue weighted by molar-refractivity contribution is 7.88. The first-order valence-electron chi connectivity index (χ1n) is 4.92. The summed E-state index contributed by atoms with van der Waals surface area (Å²) >= 11 is 0. The van der Waals surface area contributed by atoms with Gasteiger partial charge in [0.1, 0.15) is 0 Å². The van der Waals surface area contributed by atoms with E-state index in [4.69, 9.17) is 5.73 Å². The van der Waals surface area contributed by atoms with Gasteiger partial charge in [-0.3, -0.25) is 0 Å². The first-order valence-corrected chi connectivity index (χ1v) is 6.77. The van der Waals surface area contributed by atoms with Crippen LogP contribution in [0.2, 0.25) is 0 Å². The molecule has 1 unspecified atom stereocenters. The molecule has 0 amide bonds. The summed E-state index contributed by atoms with van der Waals surface area (Å²) in [6, 6.07) is 0.266. The van der Waals surface area contributed by atoms with Crippen molar-refractivity contribution in [1.29, 1.82) is 0 Å². The van der Waals surface area contributed by atoms with Crippen LogP contribution in [0.3, 0.4) is 0 Å². The van der Waals surface area contributed by atoms with Crippen LogP contribution in [0, 0.1) is 0 Å². The topological polar surface area (TPSA) is 75.4 Å². The van der Waals surface area contributed by atoms with Crippen molar-refractivity contribution in [3.05, 3.63) is 0 Å². The summed E-state index contributed by atoms with van der Waals surface area (Å²) in [5.74, 6) is 0. The van der Waals surface area contributed by atoms with Gasteiger partial charge in [-0.2, -0.15) is 0 Å². The SMILES string of the molecule is CS(=O)(=O)N1CCCC(NCCN)C1. The molecule has 0 bridgehead atoms. The summed E-state index contributed by atoms with van der Waals surface area (Å²) in [5.41, 5.74) is 5.37. The lowest BCUT2D eigenvalue weighted by Gasteiger charge is -2.31. The molecule has 1 saturated heterocycles. The van der Waals surface area contributed by atoms with Crippen molar-refractivity contribution in [3.63, 3.8) is 0 Å². The van der Waals surface area contributed by atoms with Gasteiger partial charge in [0.2, 0.25) is 10.0 Å². The summed E-state index contributed by atoms with van der Waals surface area (Å²) in [4.78, 5) is 0. The van der Waals surface area contributed by atoms with E-state index in [1.807, 2.05) is 0 Å². The van der Waals surface area contributed by atoms with Gasteiger partial charge in [0.25, 0.3) is 0 Å². The molecule has 1 heterocycles. The molecule has 0 radical (unpaired) electrons. The second kappa shape index (κ2) is 5.06. The van der Waals surface area contributed by atoms with Crippen LogP contribution in [0.1, 0.15) is 12.8 Å². The highest BCUT2D eigenvalue weighted by Gasteiger charge is 2.24. The number of sulfonamides is 1. The van der Waals surface area contributed by atoms with Gasteiger partial charge in [-0.1, -0.05) is 0 Å². The Balaban J connectivity index is 2.44. The normalized spacial score (nSPS) is 25.1. The highest BCUT2D eigenvalue weighted by Crippen LogP contribution is 2.12. The van der Waals surface area contributed by atoms with Crippen LogP contribution < -0.4 is 11.1 Å².